The van der Waals surface area contributed by atoms with Crippen molar-refractivity contribution in [1.29, 1.82) is 0 Å². The zero-order valence-electron chi connectivity index (χ0n) is 10.5. The SMILES string of the molecule is CCC(C)C(=O)NC(C)(C)CS(=O)(=O)[O-].[K+]. The molecule has 7 heteroatoms. The quantitative estimate of drug-likeness (QED) is 0.443. The molecular weight excluding hydrogens is 257 g/mol. The van der Waals surface area contributed by atoms with Crippen LogP contribution in [0.15, 0.2) is 0 Å². The fourth-order valence-corrected chi connectivity index (χ4v) is 2.08. The number of hydrogen-bond donors (Lipinski definition) is 1. The van der Waals surface area contributed by atoms with E-state index in [0.29, 0.717) is 6.42 Å². The van der Waals surface area contributed by atoms with Crippen LogP contribution < -0.4 is 56.7 Å². The van der Waals surface area contributed by atoms with Gasteiger partial charge in [-0.1, -0.05) is 13.8 Å². The number of hydrogen-bond acceptors (Lipinski definition) is 4. The Morgan fingerprint density at radius 1 is 1.44 bits per heavy atom. The van der Waals surface area contributed by atoms with Gasteiger partial charge in [-0.2, -0.15) is 0 Å². The topological polar surface area (TPSA) is 86.3 Å². The Morgan fingerprint density at radius 2 is 1.88 bits per heavy atom. The molecule has 90 valence electrons. The van der Waals surface area contributed by atoms with Crippen LogP contribution in [0.1, 0.15) is 34.1 Å². The Balaban J connectivity index is 0. The summed E-state index contributed by atoms with van der Waals surface area (Å²) < 4.78 is 31.7. The van der Waals surface area contributed by atoms with E-state index in [4.69, 9.17) is 0 Å². The molecule has 0 aromatic heterocycles. The molecular formula is C9H18KNO4S. The number of carbonyl (C=O) groups is 1. The molecule has 0 rings (SSSR count). The third-order valence-electron chi connectivity index (χ3n) is 2.06. The second-order valence-corrected chi connectivity index (χ2v) is 5.79. The van der Waals surface area contributed by atoms with Crippen molar-refractivity contribution in [3.8, 4) is 0 Å². The van der Waals surface area contributed by atoms with Gasteiger partial charge in [0.15, 0.2) is 0 Å². The maximum absolute atomic E-state index is 11.5. The van der Waals surface area contributed by atoms with Gasteiger partial charge in [0.2, 0.25) is 5.91 Å². The summed E-state index contributed by atoms with van der Waals surface area (Å²) in [6.07, 6.45) is 0.673. The Hall–Kier alpha value is 1.02. The molecule has 0 aliphatic carbocycles. The van der Waals surface area contributed by atoms with E-state index in [1.54, 1.807) is 6.92 Å². The monoisotopic (exact) mass is 275 g/mol. The molecule has 0 heterocycles. The molecule has 0 saturated carbocycles. The van der Waals surface area contributed by atoms with Crippen LogP contribution in [0.2, 0.25) is 0 Å². The van der Waals surface area contributed by atoms with Gasteiger partial charge >= 0.3 is 51.4 Å². The van der Waals surface area contributed by atoms with Gasteiger partial charge in [-0.05, 0) is 20.3 Å². The maximum Gasteiger partial charge on any atom is 1.00 e. The largest absolute Gasteiger partial charge is 1.00 e. The van der Waals surface area contributed by atoms with Crippen molar-refractivity contribution in [1.82, 2.24) is 5.32 Å². The zero-order chi connectivity index (χ0) is 12.3. The minimum Gasteiger partial charge on any atom is -0.748 e. The molecule has 0 aliphatic heterocycles. The van der Waals surface area contributed by atoms with Crippen LogP contribution in [0, 0.1) is 5.92 Å². The molecule has 1 atom stereocenters. The van der Waals surface area contributed by atoms with Crippen molar-refractivity contribution in [3.05, 3.63) is 0 Å². The van der Waals surface area contributed by atoms with Crippen LogP contribution in [-0.4, -0.2) is 30.2 Å². The molecule has 0 aliphatic rings. The average molecular weight is 275 g/mol. The summed E-state index contributed by atoms with van der Waals surface area (Å²) in [5.41, 5.74) is -1.01. The summed E-state index contributed by atoms with van der Waals surface area (Å²) in [6.45, 7) is 6.64. The molecule has 0 radical (unpaired) electrons. The summed E-state index contributed by atoms with van der Waals surface area (Å²) in [7, 11) is -4.32. The third kappa shape index (κ3) is 9.09. The Kier molecular flexibility index (Phi) is 9.01. The first-order valence-electron chi connectivity index (χ1n) is 4.83. The smallest absolute Gasteiger partial charge is 0.748 e. The molecule has 5 nitrogen and oxygen atoms in total. The second kappa shape index (κ2) is 7.45. The van der Waals surface area contributed by atoms with Crippen LogP contribution in [0.4, 0.5) is 0 Å². The number of rotatable bonds is 5. The van der Waals surface area contributed by atoms with Crippen molar-refractivity contribution in [2.24, 2.45) is 5.92 Å². The van der Waals surface area contributed by atoms with Crippen LogP contribution >= 0.6 is 0 Å². The number of carbonyl (C=O) groups excluding carboxylic acids is 1. The minimum atomic E-state index is -4.32. The van der Waals surface area contributed by atoms with E-state index in [0.717, 1.165) is 0 Å². The first-order valence-corrected chi connectivity index (χ1v) is 6.41. The van der Waals surface area contributed by atoms with Crippen LogP contribution in [0.3, 0.4) is 0 Å². The van der Waals surface area contributed by atoms with Crippen LogP contribution in [0.25, 0.3) is 0 Å². The van der Waals surface area contributed by atoms with E-state index in [-0.39, 0.29) is 63.2 Å². The van der Waals surface area contributed by atoms with Gasteiger partial charge in [-0.25, -0.2) is 8.42 Å². The van der Waals surface area contributed by atoms with Crippen molar-refractivity contribution in [3.63, 3.8) is 0 Å². The molecule has 1 N–H and O–H groups in total. The molecule has 0 fully saturated rings. The molecule has 0 saturated heterocycles. The van der Waals surface area contributed by atoms with Gasteiger partial charge in [-0.3, -0.25) is 4.79 Å². The molecule has 0 spiro atoms. The van der Waals surface area contributed by atoms with E-state index in [2.05, 4.69) is 5.32 Å². The van der Waals surface area contributed by atoms with E-state index >= 15 is 0 Å². The Morgan fingerprint density at radius 3 is 2.19 bits per heavy atom. The predicted octanol–water partition coefficient (Wildman–Crippen LogP) is -2.52. The standard InChI is InChI=1S/C9H19NO4S.K/c1-5-7(2)8(11)10-9(3,4)6-15(12,13)14;/h7H,5-6H2,1-4H3,(H,10,11)(H,12,13,14);/q;+1/p-1. The molecule has 1 amide bonds. The van der Waals surface area contributed by atoms with Gasteiger partial charge in [0.05, 0.1) is 15.9 Å². The second-order valence-electron chi connectivity index (χ2n) is 4.38. The summed E-state index contributed by atoms with van der Waals surface area (Å²) in [4.78, 5) is 11.5. The summed E-state index contributed by atoms with van der Waals surface area (Å²) in [6, 6.07) is 0. The Labute approximate surface area is 140 Å². The molecule has 1 unspecified atom stereocenters. The molecule has 0 aromatic carbocycles. The van der Waals surface area contributed by atoms with E-state index in [9.17, 15) is 17.8 Å². The number of amides is 1. The summed E-state index contributed by atoms with van der Waals surface area (Å²) >= 11 is 0. The summed E-state index contributed by atoms with van der Waals surface area (Å²) in [5, 5.41) is 2.55. The van der Waals surface area contributed by atoms with Gasteiger partial charge < -0.3 is 9.87 Å². The first kappa shape index (κ1) is 19.4. The average Bonchev–Trinajstić information content (AvgIpc) is 1.96. The third-order valence-corrected chi connectivity index (χ3v) is 3.13. The van der Waals surface area contributed by atoms with E-state index < -0.39 is 21.4 Å². The maximum atomic E-state index is 11.5. The van der Waals surface area contributed by atoms with Crippen LogP contribution in [0.5, 0.6) is 0 Å². The van der Waals surface area contributed by atoms with Crippen LogP contribution in [-0.2, 0) is 14.9 Å². The Bertz CT molecular complexity index is 326. The number of nitrogens with one attached hydrogen (secondary N) is 1. The zero-order valence-corrected chi connectivity index (χ0v) is 14.5. The van der Waals surface area contributed by atoms with Gasteiger partial charge in [0, 0.05) is 11.5 Å². The van der Waals surface area contributed by atoms with Crippen molar-refractivity contribution in [2.45, 2.75) is 39.7 Å². The van der Waals surface area contributed by atoms with Gasteiger partial charge in [0.25, 0.3) is 0 Å². The van der Waals surface area contributed by atoms with Crippen molar-refractivity contribution >= 4 is 16.0 Å². The van der Waals surface area contributed by atoms with Gasteiger partial charge in [-0.15, -0.1) is 0 Å². The fourth-order valence-electron chi connectivity index (χ4n) is 1.12. The van der Waals surface area contributed by atoms with E-state index in [1.807, 2.05) is 6.92 Å². The van der Waals surface area contributed by atoms with Crippen molar-refractivity contribution in [2.75, 3.05) is 5.75 Å². The molecule has 0 bridgehead atoms. The van der Waals surface area contributed by atoms with Crippen molar-refractivity contribution < 1.29 is 69.1 Å². The fraction of sp³-hybridized carbons (Fsp3) is 0.889. The predicted molar refractivity (Wildman–Crippen MR) is 56.2 cm³/mol. The first-order chi connectivity index (χ1) is 6.57. The normalized spacial score (nSPS) is 13.8. The van der Waals surface area contributed by atoms with Gasteiger partial charge in [0.1, 0.15) is 0 Å². The minimum absolute atomic E-state index is 0. The molecule has 0 aromatic rings. The van der Waals surface area contributed by atoms with E-state index in [1.165, 1.54) is 13.8 Å². The summed E-state index contributed by atoms with van der Waals surface area (Å²) in [5.74, 6) is -1.01. The molecule has 16 heavy (non-hydrogen) atoms.